The maximum Gasteiger partial charge on any atom is 0.0713 e. The molecule has 1 heteroatoms. The van der Waals surface area contributed by atoms with Crippen molar-refractivity contribution in [2.45, 2.75) is 19.3 Å². The van der Waals surface area contributed by atoms with Crippen LogP contribution >= 0.6 is 0 Å². The first-order chi connectivity index (χ1) is 24.7. The van der Waals surface area contributed by atoms with E-state index >= 15 is 0 Å². The zero-order chi connectivity index (χ0) is 34.2. The number of para-hydroxylation sites is 1. The van der Waals surface area contributed by atoms with Gasteiger partial charge in [-0.2, -0.15) is 0 Å². The van der Waals surface area contributed by atoms with Gasteiger partial charge in [-0.15, -0.1) is 0 Å². The Hall–Kier alpha value is -6.18. The van der Waals surface area contributed by atoms with E-state index in [0.717, 1.165) is 5.69 Å². The van der Waals surface area contributed by atoms with Crippen molar-refractivity contribution in [2.75, 3.05) is 5.32 Å². The molecule has 1 aliphatic rings. The maximum absolute atomic E-state index is 3.30. The normalized spacial score (nSPS) is 12.8. The zero-order valence-corrected chi connectivity index (χ0v) is 28.6. The van der Waals surface area contributed by atoms with Crippen molar-refractivity contribution in [1.29, 1.82) is 0 Å². The standard InChI is InChI=1S/C26H20.C23H21N/c1-19-15-17-21(18-16-19)26(20-9-3-2-4-10-20)24-13-7-5-11-22(24)23-12-6-8-14-25(23)26;1-2-19(17-18-24-23-11-7-4-8-12-23)21-13-15-22(16-14-21)20-9-5-3-6-10-20/h2-18H,1H3;2-18,24H,1H3/b;18-17-,19-2+. The van der Waals surface area contributed by atoms with Crippen molar-refractivity contribution in [3.05, 3.63) is 240 Å². The molecule has 1 nitrogen and oxygen atoms in total. The van der Waals surface area contributed by atoms with Crippen molar-refractivity contribution in [1.82, 2.24) is 0 Å². The van der Waals surface area contributed by atoms with Gasteiger partial charge in [-0.3, -0.25) is 0 Å². The fourth-order valence-corrected chi connectivity index (χ4v) is 7.12. The summed E-state index contributed by atoms with van der Waals surface area (Å²) in [5.41, 5.74) is 15.1. The molecule has 0 unspecified atom stereocenters. The van der Waals surface area contributed by atoms with Gasteiger partial charge in [0.1, 0.15) is 0 Å². The molecule has 7 aromatic carbocycles. The summed E-state index contributed by atoms with van der Waals surface area (Å²) in [5, 5.41) is 3.30. The van der Waals surface area contributed by atoms with Gasteiger partial charge in [-0.1, -0.05) is 188 Å². The van der Waals surface area contributed by atoms with Crippen LogP contribution in [0.5, 0.6) is 0 Å². The van der Waals surface area contributed by atoms with E-state index in [-0.39, 0.29) is 5.41 Å². The average molecular weight is 644 g/mol. The van der Waals surface area contributed by atoms with Crippen LogP contribution in [0.1, 0.15) is 40.3 Å². The van der Waals surface area contributed by atoms with Gasteiger partial charge in [0.15, 0.2) is 0 Å². The Bertz CT molecular complexity index is 2160. The van der Waals surface area contributed by atoms with Gasteiger partial charge >= 0.3 is 0 Å². The monoisotopic (exact) mass is 643 g/mol. The minimum atomic E-state index is -0.262. The molecular formula is C49H41N. The number of rotatable bonds is 7. The molecular weight excluding hydrogens is 603 g/mol. The molecule has 1 N–H and O–H groups in total. The van der Waals surface area contributed by atoms with Crippen LogP contribution in [0.2, 0.25) is 0 Å². The highest BCUT2D eigenvalue weighted by molar-refractivity contribution is 5.86. The highest BCUT2D eigenvalue weighted by atomic mass is 14.8. The molecule has 242 valence electrons. The summed E-state index contributed by atoms with van der Waals surface area (Å²) >= 11 is 0. The smallest absolute Gasteiger partial charge is 0.0713 e. The second kappa shape index (κ2) is 14.9. The molecule has 0 radical (unpaired) electrons. The lowest BCUT2D eigenvalue weighted by atomic mass is 9.67. The molecule has 0 fully saturated rings. The molecule has 0 saturated heterocycles. The summed E-state index contributed by atoms with van der Waals surface area (Å²) in [6.07, 6.45) is 6.21. The molecule has 1 aliphatic carbocycles. The summed E-state index contributed by atoms with van der Waals surface area (Å²) in [5.74, 6) is 0. The maximum atomic E-state index is 3.30. The minimum absolute atomic E-state index is 0.262. The highest BCUT2D eigenvalue weighted by Crippen LogP contribution is 2.55. The molecule has 0 spiro atoms. The van der Waals surface area contributed by atoms with E-state index in [1.807, 2.05) is 42.6 Å². The van der Waals surface area contributed by atoms with Crippen LogP contribution in [0.15, 0.2) is 206 Å². The zero-order valence-electron chi connectivity index (χ0n) is 28.6. The number of benzene rings is 7. The van der Waals surface area contributed by atoms with Crippen LogP contribution in [0.25, 0.3) is 27.8 Å². The van der Waals surface area contributed by atoms with Crippen molar-refractivity contribution < 1.29 is 0 Å². The van der Waals surface area contributed by atoms with Gasteiger partial charge in [0, 0.05) is 11.9 Å². The first-order valence-electron chi connectivity index (χ1n) is 17.3. The Morgan fingerprint density at radius 1 is 0.480 bits per heavy atom. The van der Waals surface area contributed by atoms with Gasteiger partial charge in [0.25, 0.3) is 0 Å². The van der Waals surface area contributed by atoms with Crippen molar-refractivity contribution >= 4 is 11.3 Å². The van der Waals surface area contributed by atoms with Crippen molar-refractivity contribution in [2.24, 2.45) is 0 Å². The Morgan fingerprint density at radius 3 is 1.54 bits per heavy atom. The number of nitrogens with one attached hydrogen (secondary N) is 1. The van der Waals surface area contributed by atoms with Gasteiger partial charge in [0.05, 0.1) is 5.41 Å². The number of hydrogen-bond acceptors (Lipinski definition) is 1. The molecule has 0 heterocycles. The quantitative estimate of drug-likeness (QED) is 0.170. The van der Waals surface area contributed by atoms with Crippen LogP contribution in [-0.2, 0) is 5.41 Å². The summed E-state index contributed by atoms with van der Waals surface area (Å²) in [4.78, 5) is 0. The first-order valence-corrected chi connectivity index (χ1v) is 17.3. The van der Waals surface area contributed by atoms with E-state index in [1.165, 1.54) is 61.2 Å². The molecule has 0 bridgehead atoms. The fourth-order valence-electron chi connectivity index (χ4n) is 7.12. The number of allylic oxidation sites excluding steroid dienone is 3. The van der Waals surface area contributed by atoms with E-state index in [0.29, 0.717) is 0 Å². The molecule has 50 heavy (non-hydrogen) atoms. The van der Waals surface area contributed by atoms with Crippen LogP contribution in [0.3, 0.4) is 0 Å². The molecule has 0 saturated carbocycles. The van der Waals surface area contributed by atoms with Gasteiger partial charge in [-0.25, -0.2) is 0 Å². The molecule has 8 rings (SSSR count). The number of aryl methyl sites for hydroxylation is 1. The third-order valence-corrected chi connectivity index (χ3v) is 9.57. The van der Waals surface area contributed by atoms with Gasteiger partial charge in [0.2, 0.25) is 0 Å². The van der Waals surface area contributed by atoms with E-state index in [9.17, 15) is 0 Å². The topological polar surface area (TPSA) is 12.0 Å². The molecule has 0 aromatic heterocycles. The second-order valence-corrected chi connectivity index (χ2v) is 12.6. The van der Waals surface area contributed by atoms with E-state index in [2.05, 4.69) is 183 Å². The van der Waals surface area contributed by atoms with E-state index in [4.69, 9.17) is 0 Å². The highest BCUT2D eigenvalue weighted by Gasteiger charge is 2.45. The lowest BCUT2D eigenvalue weighted by Gasteiger charge is -2.33. The van der Waals surface area contributed by atoms with Crippen molar-refractivity contribution in [3.8, 4) is 22.3 Å². The lowest BCUT2D eigenvalue weighted by molar-refractivity contribution is 0.768. The number of hydrogen-bond donors (Lipinski definition) is 1. The largest absolute Gasteiger partial charge is 0.362 e. The van der Waals surface area contributed by atoms with Crippen LogP contribution in [0, 0.1) is 6.92 Å². The van der Waals surface area contributed by atoms with Crippen LogP contribution < -0.4 is 5.32 Å². The Kier molecular flexibility index (Phi) is 9.67. The lowest BCUT2D eigenvalue weighted by Crippen LogP contribution is -2.28. The number of fused-ring (bicyclic) bond motifs is 3. The Morgan fingerprint density at radius 2 is 0.960 bits per heavy atom. The second-order valence-electron chi connectivity index (χ2n) is 12.6. The predicted octanol–water partition coefficient (Wildman–Crippen LogP) is 12.7. The minimum Gasteiger partial charge on any atom is -0.362 e. The van der Waals surface area contributed by atoms with Crippen LogP contribution in [-0.4, -0.2) is 0 Å². The molecule has 7 aromatic rings. The Labute approximate surface area is 296 Å². The third-order valence-electron chi connectivity index (χ3n) is 9.57. The summed E-state index contributed by atoms with van der Waals surface area (Å²) in [7, 11) is 0. The van der Waals surface area contributed by atoms with Gasteiger partial charge < -0.3 is 5.32 Å². The van der Waals surface area contributed by atoms with E-state index < -0.39 is 0 Å². The summed E-state index contributed by atoms with van der Waals surface area (Å²) < 4.78 is 0. The molecule has 0 amide bonds. The average Bonchev–Trinajstić information content (AvgIpc) is 3.49. The SMILES string of the molecule is C/C=C(\C=C/Nc1ccccc1)c1ccc(-c2ccccc2)cc1.Cc1ccc(C2(c3ccccc3)c3ccccc3-c3ccccc32)cc1. The summed E-state index contributed by atoms with van der Waals surface area (Å²) in [6, 6.07) is 67.0. The Balaban J connectivity index is 0.000000157. The van der Waals surface area contributed by atoms with Crippen molar-refractivity contribution in [3.63, 3.8) is 0 Å². The van der Waals surface area contributed by atoms with E-state index in [1.54, 1.807) is 0 Å². The molecule has 0 atom stereocenters. The third kappa shape index (κ3) is 6.46. The van der Waals surface area contributed by atoms with Gasteiger partial charge in [-0.05, 0) is 87.7 Å². The fraction of sp³-hybridized carbons (Fsp3) is 0.0612. The van der Waals surface area contributed by atoms with Crippen LogP contribution in [0.4, 0.5) is 5.69 Å². The number of anilines is 1. The first kappa shape index (κ1) is 32.4. The molecule has 0 aliphatic heterocycles. The predicted molar refractivity (Wildman–Crippen MR) is 213 cm³/mol. The summed E-state index contributed by atoms with van der Waals surface area (Å²) in [6.45, 7) is 4.21.